The average molecular weight is 316 g/mol. The Morgan fingerprint density at radius 1 is 1.12 bits per heavy atom. The van der Waals surface area contributed by atoms with Crippen LogP contribution in [0.1, 0.15) is 35.1 Å². The Hall–Kier alpha value is -2.68. The lowest BCUT2D eigenvalue weighted by atomic mass is 9.75. The van der Waals surface area contributed by atoms with Crippen LogP contribution in [-0.4, -0.2) is 10.1 Å². The second-order valence-corrected chi connectivity index (χ2v) is 6.96. The molecule has 3 unspecified atom stereocenters. The molecule has 5 rings (SSSR count). The Bertz CT molecular complexity index is 969. The number of phenols is 1. The number of hydrogen-bond donors (Lipinski definition) is 3. The number of H-pyrrole nitrogens is 1. The first-order valence-corrected chi connectivity index (χ1v) is 8.55. The highest BCUT2D eigenvalue weighted by molar-refractivity contribution is 5.84. The van der Waals surface area contributed by atoms with Gasteiger partial charge in [0.1, 0.15) is 5.75 Å². The summed E-state index contributed by atoms with van der Waals surface area (Å²) in [7, 11) is 0. The highest BCUT2D eigenvalue weighted by Crippen LogP contribution is 2.53. The van der Waals surface area contributed by atoms with E-state index in [-0.39, 0.29) is 6.04 Å². The molecule has 0 saturated carbocycles. The molecule has 3 heteroatoms. The summed E-state index contributed by atoms with van der Waals surface area (Å²) < 4.78 is 0. The lowest BCUT2D eigenvalue weighted by Gasteiger charge is -2.38. The van der Waals surface area contributed by atoms with Gasteiger partial charge in [0.05, 0.1) is 11.7 Å². The molecule has 1 aliphatic heterocycles. The molecule has 0 bridgehead atoms. The minimum atomic E-state index is 0.196. The van der Waals surface area contributed by atoms with Crippen LogP contribution in [0, 0.1) is 12.8 Å². The third-order valence-electron chi connectivity index (χ3n) is 5.67. The number of aryl methyl sites for hydroxylation is 1. The van der Waals surface area contributed by atoms with Gasteiger partial charge in [-0.25, -0.2) is 0 Å². The third kappa shape index (κ3) is 1.78. The first kappa shape index (κ1) is 13.7. The van der Waals surface area contributed by atoms with Crippen LogP contribution in [0.25, 0.3) is 10.9 Å². The number of anilines is 1. The van der Waals surface area contributed by atoms with Gasteiger partial charge in [0, 0.05) is 23.0 Å². The van der Waals surface area contributed by atoms with Gasteiger partial charge in [0.15, 0.2) is 0 Å². The van der Waals surface area contributed by atoms with Gasteiger partial charge >= 0.3 is 0 Å². The Morgan fingerprint density at radius 2 is 2.00 bits per heavy atom. The Kier molecular flexibility index (Phi) is 2.81. The monoisotopic (exact) mass is 316 g/mol. The first-order valence-electron chi connectivity index (χ1n) is 8.55. The zero-order valence-corrected chi connectivity index (χ0v) is 13.6. The van der Waals surface area contributed by atoms with E-state index in [0.29, 0.717) is 17.6 Å². The van der Waals surface area contributed by atoms with Crippen molar-refractivity contribution in [3.05, 3.63) is 71.4 Å². The van der Waals surface area contributed by atoms with Gasteiger partial charge in [-0.2, -0.15) is 0 Å². The smallest absolute Gasteiger partial charge is 0.139 e. The van der Waals surface area contributed by atoms with Crippen molar-refractivity contribution in [2.45, 2.75) is 25.3 Å². The average Bonchev–Trinajstić information content (AvgIpc) is 3.24. The van der Waals surface area contributed by atoms with E-state index in [4.69, 9.17) is 0 Å². The van der Waals surface area contributed by atoms with Gasteiger partial charge in [-0.1, -0.05) is 36.4 Å². The summed E-state index contributed by atoms with van der Waals surface area (Å²) in [5.41, 5.74) is 5.85. The van der Waals surface area contributed by atoms with Crippen molar-refractivity contribution in [3.8, 4) is 5.75 Å². The minimum Gasteiger partial charge on any atom is -0.506 e. The van der Waals surface area contributed by atoms with Gasteiger partial charge < -0.3 is 15.4 Å². The summed E-state index contributed by atoms with van der Waals surface area (Å²) in [6, 6.07) is 12.4. The van der Waals surface area contributed by atoms with Crippen molar-refractivity contribution >= 4 is 16.6 Å². The topological polar surface area (TPSA) is 48.0 Å². The number of aromatic hydroxyl groups is 1. The standard InChI is InChI=1S/C21H20N2O/c1-12-9-10-18(24)21-19(12)14-6-4-7-15(14)20(23-21)16-11-22-17-8-3-2-5-13(16)17/h2-6,8-11,14-15,20,22-24H,7H2,1H3. The molecule has 1 aliphatic carbocycles. The van der Waals surface area contributed by atoms with E-state index >= 15 is 0 Å². The van der Waals surface area contributed by atoms with Gasteiger partial charge in [0.2, 0.25) is 0 Å². The SMILES string of the molecule is Cc1ccc(O)c2c1C1C=CCC1C(c1c[nH]c3ccccc13)N2. The molecule has 0 amide bonds. The van der Waals surface area contributed by atoms with Crippen molar-refractivity contribution in [2.75, 3.05) is 5.32 Å². The van der Waals surface area contributed by atoms with Crippen molar-refractivity contribution in [3.63, 3.8) is 0 Å². The fourth-order valence-electron chi connectivity index (χ4n) is 4.54. The highest BCUT2D eigenvalue weighted by atomic mass is 16.3. The van der Waals surface area contributed by atoms with E-state index in [1.807, 2.05) is 6.07 Å². The van der Waals surface area contributed by atoms with Crippen LogP contribution in [0.5, 0.6) is 5.75 Å². The highest BCUT2D eigenvalue weighted by Gasteiger charge is 2.40. The quantitative estimate of drug-likeness (QED) is 0.436. The van der Waals surface area contributed by atoms with Crippen LogP contribution >= 0.6 is 0 Å². The lowest BCUT2D eigenvalue weighted by Crippen LogP contribution is -2.29. The molecular weight excluding hydrogens is 296 g/mol. The number of phenolic OH excluding ortho intramolecular Hbond substituents is 1. The Balaban J connectivity index is 1.70. The van der Waals surface area contributed by atoms with Crippen molar-refractivity contribution < 1.29 is 5.11 Å². The summed E-state index contributed by atoms with van der Waals surface area (Å²) in [5.74, 6) is 1.20. The fourth-order valence-corrected chi connectivity index (χ4v) is 4.54. The van der Waals surface area contributed by atoms with Crippen molar-refractivity contribution in [2.24, 2.45) is 5.92 Å². The lowest BCUT2D eigenvalue weighted by molar-refractivity contribution is 0.415. The number of aromatic amines is 1. The molecule has 0 fully saturated rings. The summed E-state index contributed by atoms with van der Waals surface area (Å²) in [4.78, 5) is 3.39. The molecule has 1 aromatic heterocycles. The summed E-state index contributed by atoms with van der Waals surface area (Å²) in [5, 5.41) is 15.4. The number of allylic oxidation sites excluding steroid dienone is 2. The van der Waals surface area contributed by atoms with Crippen molar-refractivity contribution in [1.29, 1.82) is 0 Å². The second-order valence-electron chi connectivity index (χ2n) is 6.96. The molecule has 2 aromatic carbocycles. The zero-order valence-electron chi connectivity index (χ0n) is 13.6. The molecule has 0 spiro atoms. The summed E-state index contributed by atoms with van der Waals surface area (Å²) in [6.45, 7) is 2.13. The van der Waals surface area contributed by atoms with Gasteiger partial charge in [-0.05, 0) is 48.1 Å². The molecule has 3 atom stereocenters. The fraction of sp³-hybridized carbons (Fsp3) is 0.238. The zero-order chi connectivity index (χ0) is 16.3. The number of aromatic nitrogens is 1. The number of hydrogen-bond acceptors (Lipinski definition) is 2. The number of rotatable bonds is 1. The molecule has 120 valence electrons. The predicted octanol–water partition coefficient (Wildman–Crippen LogP) is 5.01. The molecule has 2 heterocycles. The number of fused-ring (bicyclic) bond motifs is 4. The summed E-state index contributed by atoms with van der Waals surface area (Å²) in [6.07, 6.45) is 7.79. The molecule has 0 saturated heterocycles. The first-order chi connectivity index (χ1) is 11.7. The molecule has 24 heavy (non-hydrogen) atoms. The van der Waals surface area contributed by atoms with Crippen LogP contribution in [-0.2, 0) is 0 Å². The minimum absolute atomic E-state index is 0.196. The predicted molar refractivity (Wildman–Crippen MR) is 97.5 cm³/mol. The van der Waals surface area contributed by atoms with Crippen LogP contribution in [0.3, 0.4) is 0 Å². The van der Waals surface area contributed by atoms with Crippen molar-refractivity contribution in [1.82, 2.24) is 4.98 Å². The summed E-state index contributed by atoms with van der Waals surface area (Å²) >= 11 is 0. The van der Waals surface area contributed by atoms with Gasteiger partial charge in [0.25, 0.3) is 0 Å². The number of benzene rings is 2. The number of para-hydroxylation sites is 1. The van der Waals surface area contributed by atoms with E-state index < -0.39 is 0 Å². The van der Waals surface area contributed by atoms with E-state index in [2.05, 4.69) is 59.8 Å². The third-order valence-corrected chi connectivity index (χ3v) is 5.67. The molecule has 3 N–H and O–H groups in total. The van der Waals surface area contributed by atoms with Crippen LogP contribution in [0.15, 0.2) is 54.7 Å². The molecule has 3 aromatic rings. The van der Waals surface area contributed by atoms with Crippen LogP contribution < -0.4 is 5.32 Å². The maximum absolute atomic E-state index is 10.4. The molecular formula is C21H20N2O. The molecule has 3 nitrogen and oxygen atoms in total. The van der Waals surface area contributed by atoms with E-state index in [9.17, 15) is 5.11 Å². The maximum Gasteiger partial charge on any atom is 0.139 e. The van der Waals surface area contributed by atoms with Gasteiger partial charge in [-0.3, -0.25) is 0 Å². The number of nitrogens with one attached hydrogen (secondary N) is 2. The van der Waals surface area contributed by atoms with Gasteiger partial charge in [-0.15, -0.1) is 0 Å². The second kappa shape index (κ2) is 4.91. The molecule has 2 aliphatic rings. The van der Waals surface area contributed by atoms with E-state index in [0.717, 1.165) is 17.6 Å². The maximum atomic E-state index is 10.4. The Labute approximate surface area is 141 Å². The largest absolute Gasteiger partial charge is 0.506 e. The molecule has 0 radical (unpaired) electrons. The van der Waals surface area contributed by atoms with E-state index in [1.54, 1.807) is 6.07 Å². The van der Waals surface area contributed by atoms with Crippen LogP contribution in [0.4, 0.5) is 5.69 Å². The Morgan fingerprint density at radius 3 is 2.92 bits per heavy atom. The normalized spacial score (nSPS) is 24.6. The van der Waals surface area contributed by atoms with Crippen LogP contribution in [0.2, 0.25) is 0 Å². The van der Waals surface area contributed by atoms with E-state index in [1.165, 1.54) is 22.1 Å².